The van der Waals surface area contributed by atoms with Crippen LogP contribution in [0.1, 0.15) is 41.5 Å². The number of hydrogen-bond acceptors (Lipinski definition) is 4. The fourth-order valence-electron chi connectivity index (χ4n) is 5.45. The van der Waals surface area contributed by atoms with Crippen molar-refractivity contribution in [3.63, 3.8) is 0 Å². The zero-order chi connectivity index (χ0) is 20.1. The maximum Gasteiger partial charge on any atom is 0.226 e. The summed E-state index contributed by atoms with van der Waals surface area (Å²) in [5.74, 6) is 0.00420. The third-order valence-electron chi connectivity index (χ3n) is 6.73. The highest BCUT2D eigenvalue weighted by Gasteiger charge is 2.40. The van der Waals surface area contributed by atoms with Crippen LogP contribution in [-0.4, -0.2) is 45.6 Å². The Hall–Kier alpha value is -2.44. The number of H-pyrrole nitrogens is 1. The van der Waals surface area contributed by atoms with Gasteiger partial charge >= 0.3 is 0 Å². The van der Waals surface area contributed by atoms with Crippen LogP contribution in [0.15, 0.2) is 36.5 Å². The first-order valence-corrected chi connectivity index (χ1v) is 10.5. The Morgan fingerprint density at radius 3 is 2.97 bits per heavy atom. The number of nitrogens with zero attached hydrogens (tertiary/aromatic N) is 3. The number of nitrogens with two attached hydrogens (primary N) is 1. The van der Waals surface area contributed by atoms with Gasteiger partial charge < -0.3 is 15.6 Å². The molecule has 1 aliphatic heterocycles. The van der Waals surface area contributed by atoms with Crippen LogP contribution < -0.4 is 5.73 Å². The molecule has 2 aromatic heterocycles. The molecule has 3 N–H and O–H groups in total. The average Bonchev–Trinajstić information content (AvgIpc) is 3.12. The van der Waals surface area contributed by atoms with E-state index in [1.807, 2.05) is 0 Å². The van der Waals surface area contributed by atoms with Gasteiger partial charge in [0.15, 0.2) is 5.15 Å². The zero-order valence-corrected chi connectivity index (χ0v) is 17.1. The van der Waals surface area contributed by atoms with Gasteiger partial charge in [-0.1, -0.05) is 23.7 Å². The first-order chi connectivity index (χ1) is 14.0. The van der Waals surface area contributed by atoms with E-state index in [2.05, 4.69) is 51.5 Å². The minimum absolute atomic E-state index is 0.315. The first-order valence-electron chi connectivity index (χ1n) is 10.1. The van der Waals surface area contributed by atoms with E-state index in [1.54, 1.807) is 12.1 Å². The van der Waals surface area contributed by atoms with E-state index in [1.165, 1.54) is 22.0 Å². The lowest BCUT2D eigenvalue weighted by Crippen LogP contribution is -2.48. The van der Waals surface area contributed by atoms with Gasteiger partial charge in [-0.3, -0.25) is 4.79 Å². The summed E-state index contributed by atoms with van der Waals surface area (Å²) in [5.41, 5.74) is 10.4. The van der Waals surface area contributed by atoms with E-state index in [-0.39, 0.29) is 5.91 Å². The lowest BCUT2D eigenvalue weighted by molar-refractivity contribution is -0.120. The Morgan fingerprint density at radius 2 is 2.21 bits per heavy atom. The standard InChI is InChI=1S/C22H24ClN5O/c1-28-11-12(8-16(22(24)29)17-5-6-20(23)27-26-17)7-15-14-3-2-4-18-21(14)13(10-25-18)9-19(15)28/h2-6,10,12,15-16,19,25H,7-9,11H2,1H3,(H2,24,29)/t12-,15+,16?,19+/m0/s1. The number of rotatable bonds is 4. The summed E-state index contributed by atoms with van der Waals surface area (Å²) in [4.78, 5) is 18.1. The molecule has 1 fully saturated rings. The second-order valence-corrected chi connectivity index (χ2v) is 8.86. The summed E-state index contributed by atoms with van der Waals surface area (Å²) in [5, 5.41) is 9.72. The SMILES string of the molecule is CN1C[C@H](CC(C(N)=O)c2ccc(Cl)nn2)C[C@@H]2c3cccc4[nH]cc(c34)C[C@H]21. The molecule has 150 valence electrons. The van der Waals surface area contributed by atoms with Crippen molar-refractivity contribution in [3.05, 3.63) is 58.5 Å². The number of amides is 1. The van der Waals surface area contributed by atoms with Crippen molar-refractivity contribution in [1.29, 1.82) is 0 Å². The highest BCUT2D eigenvalue weighted by atomic mass is 35.5. The van der Waals surface area contributed by atoms with E-state index in [9.17, 15) is 4.79 Å². The summed E-state index contributed by atoms with van der Waals surface area (Å²) in [6, 6.07) is 10.5. The van der Waals surface area contributed by atoms with E-state index in [0.29, 0.717) is 35.1 Å². The summed E-state index contributed by atoms with van der Waals surface area (Å²) in [6.07, 6.45) is 4.94. The molecule has 6 nitrogen and oxygen atoms in total. The van der Waals surface area contributed by atoms with Crippen molar-refractivity contribution >= 4 is 28.4 Å². The van der Waals surface area contributed by atoms with E-state index in [0.717, 1.165) is 19.4 Å². The van der Waals surface area contributed by atoms with Gasteiger partial charge in [0, 0.05) is 35.6 Å². The molecule has 2 aliphatic rings. The van der Waals surface area contributed by atoms with Gasteiger partial charge in [-0.05, 0) is 61.6 Å². The maximum absolute atomic E-state index is 12.2. The van der Waals surface area contributed by atoms with Gasteiger partial charge in [0.2, 0.25) is 5.91 Å². The van der Waals surface area contributed by atoms with E-state index < -0.39 is 5.92 Å². The second-order valence-electron chi connectivity index (χ2n) is 8.47. The molecule has 3 aromatic rings. The molecule has 4 atom stereocenters. The predicted molar refractivity (Wildman–Crippen MR) is 113 cm³/mol. The quantitative estimate of drug-likeness (QED) is 0.692. The number of aromatic amines is 1. The van der Waals surface area contributed by atoms with E-state index in [4.69, 9.17) is 17.3 Å². The third-order valence-corrected chi connectivity index (χ3v) is 6.94. The van der Waals surface area contributed by atoms with Gasteiger partial charge in [-0.2, -0.15) is 5.10 Å². The van der Waals surface area contributed by atoms with Crippen molar-refractivity contribution in [2.24, 2.45) is 11.7 Å². The Kier molecular flexibility index (Phi) is 4.56. The Balaban J connectivity index is 1.44. The molecular weight excluding hydrogens is 386 g/mol. The monoisotopic (exact) mass is 409 g/mol. The maximum atomic E-state index is 12.2. The second kappa shape index (κ2) is 7.11. The van der Waals surface area contributed by atoms with Crippen LogP contribution >= 0.6 is 11.6 Å². The Morgan fingerprint density at radius 1 is 1.34 bits per heavy atom. The van der Waals surface area contributed by atoms with Crippen LogP contribution in [0.3, 0.4) is 0 Å². The molecule has 1 unspecified atom stereocenters. The smallest absolute Gasteiger partial charge is 0.226 e. The molecule has 1 aliphatic carbocycles. The molecule has 0 bridgehead atoms. The highest BCUT2D eigenvalue weighted by Crippen LogP contribution is 2.45. The third kappa shape index (κ3) is 3.20. The van der Waals surface area contributed by atoms with Crippen molar-refractivity contribution in [2.75, 3.05) is 13.6 Å². The van der Waals surface area contributed by atoms with Gasteiger partial charge in [0.1, 0.15) is 0 Å². The number of likely N-dealkylation sites (tertiary alicyclic amines) is 1. The number of carbonyl (C=O) groups is 1. The number of benzene rings is 1. The van der Waals surface area contributed by atoms with Crippen LogP contribution in [0, 0.1) is 5.92 Å². The van der Waals surface area contributed by atoms with Crippen molar-refractivity contribution < 1.29 is 4.79 Å². The normalized spacial score (nSPS) is 25.0. The lowest BCUT2D eigenvalue weighted by atomic mass is 9.71. The molecule has 7 heteroatoms. The summed E-state index contributed by atoms with van der Waals surface area (Å²) in [7, 11) is 2.20. The first kappa shape index (κ1) is 18.6. The molecule has 1 aromatic carbocycles. The number of halogens is 1. The van der Waals surface area contributed by atoms with Crippen molar-refractivity contribution in [1.82, 2.24) is 20.1 Å². The number of carbonyl (C=O) groups excluding carboxylic acids is 1. The summed E-state index contributed by atoms with van der Waals surface area (Å²) in [6.45, 7) is 0.946. The van der Waals surface area contributed by atoms with Crippen LogP contribution in [0.25, 0.3) is 10.9 Å². The molecule has 5 rings (SSSR count). The molecular formula is C22H24ClN5O. The van der Waals surface area contributed by atoms with Crippen LogP contribution in [-0.2, 0) is 11.2 Å². The van der Waals surface area contributed by atoms with Gasteiger partial charge in [0.05, 0.1) is 11.6 Å². The molecule has 0 saturated carbocycles. The number of fused-ring (bicyclic) bond motifs is 2. The predicted octanol–water partition coefficient (Wildman–Crippen LogP) is 3.23. The zero-order valence-electron chi connectivity index (χ0n) is 16.3. The van der Waals surface area contributed by atoms with Crippen molar-refractivity contribution in [2.45, 2.75) is 37.1 Å². The number of piperidine rings is 1. The largest absolute Gasteiger partial charge is 0.369 e. The minimum atomic E-state index is -0.447. The minimum Gasteiger partial charge on any atom is -0.369 e. The van der Waals surface area contributed by atoms with Crippen LogP contribution in [0.4, 0.5) is 0 Å². The van der Waals surface area contributed by atoms with E-state index >= 15 is 0 Å². The van der Waals surface area contributed by atoms with Gasteiger partial charge in [0.25, 0.3) is 0 Å². The molecule has 1 amide bonds. The highest BCUT2D eigenvalue weighted by molar-refractivity contribution is 6.29. The summed E-state index contributed by atoms with van der Waals surface area (Å²) < 4.78 is 0. The van der Waals surface area contributed by atoms with Gasteiger partial charge in [-0.15, -0.1) is 5.10 Å². The number of primary amides is 1. The molecule has 1 saturated heterocycles. The Bertz CT molecular complexity index is 1060. The lowest BCUT2D eigenvalue weighted by Gasteiger charge is -2.46. The molecule has 0 radical (unpaired) electrons. The molecule has 29 heavy (non-hydrogen) atoms. The fourth-order valence-corrected chi connectivity index (χ4v) is 5.55. The average molecular weight is 410 g/mol. The van der Waals surface area contributed by atoms with Crippen molar-refractivity contribution in [3.8, 4) is 0 Å². The molecule has 3 heterocycles. The number of hydrogen-bond donors (Lipinski definition) is 2. The van der Waals surface area contributed by atoms with Gasteiger partial charge in [-0.25, -0.2) is 0 Å². The van der Waals surface area contributed by atoms with Crippen LogP contribution in [0.2, 0.25) is 5.15 Å². The number of aromatic nitrogens is 3. The number of nitrogens with one attached hydrogen (secondary N) is 1. The summed E-state index contributed by atoms with van der Waals surface area (Å²) >= 11 is 5.85. The molecule has 0 spiro atoms. The Labute approximate surface area is 174 Å². The van der Waals surface area contributed by atoms with Crippen LogP contribution in [0.5, 0.6) is 0 Å². The fraction of sp³-hybridized carbons (Fsp3) is 0.409. The number of likely N-dealkylation sites (N-methyl/N-ethyl adjacent to an activating group) is 1. The topological polar surface area (TPSA) is 87.9 Å².